The van der Waals surface area contributed by atoms with Crippen LogP contribution in [0.15, 0.2) is 18.5 Å². The Labute approximate surface area is 94.8 Å². The number of nitrogens with two attached hydrogens (primary N) is 1. The molecule has 5 nitrogen and oxygen atoms in total. The summed E-state index contributed by atoms with van der Waals surface area (Å²) in [4.78, 5) is 6.28. The van der Waals surface area contributed by atoms with Crippen molar-refractivity contribution in [1.29, 1.82) is 0 Å². The van der Waals surface area contributed by atoms with E-state index in [4.69, 9.17) is 15.6 Å². The smallest absolute Gasteiger partial charge is 0.0642 e. The Balaban J connectivity index is 2.24. The molecule has 1 fully saturated rings. The van der Waals surface area contributed by atoms with Crippen molar-refractivity contribution in [2.45, 2.75) is 6.04 Å². The molecule has 1 aliphatic heterocycles. The van der Waals surface area contributed by atoms with Crippen LogP contribution < -0.4 is 10.6 Å². The topological polar surface area (TPSA) is 71.6 Å². The van der Waals surface area contributed by atoms with E-state index in [2.05, 4.69) is 9.88 Å². The van der Waals surface area contributed by atoms with Crippen molar-refractivity contribution in [3.05, 3.63) is 24.0 Å². The van der Waals surface area contributed by atoms with Gasteiger partial charge in [0.15, 0.2) is 0 Å². The first-order valence-corrected chi connectivity index (χ1v) is 5.46. The molecule has 1 aromatic rings. The van der Waals surface area contributed by atoms with Crippen LogP contribution in [0.25, 0.3) is 0 Å². The van der Waals surface area contributed by atoms with Crippen molar-refractivity contribution in [1.82, 2.24) is 4.98 Å². The van der Waals surface area contributed by atoms with Crippen molar-refractivity contribution in [2.75, 3.05) is 37.8 Å². The van der Waals surface area contributed by atoms with Crippen LogP contribution in [0.3, 0.4) is 0 Å². The summed E-state index contributed by atoms with van der Waals surface area (Å²) in [5.41, 5.74) is 7.80. The van der Waals surface area contributed by atoms with Gasteiger partial charge in [-0.25, -0.2) is 0 Å². The Morgan fingerprint density at radius 1 is 1.50 bits per heavy atom. The van der Waals surface area contributed by atoms with Gasteiger partial charge in [0, 0.05) is 36.7 Å². The molecule has 1 aliphatic rings. The minimum atomic E-state index is -0.369. The molecule has 0 bridgehead atoms. The highest BCUT2D eigenvalue weighted by Gasteiger charge is 2.17. The van der Waals surface area contributed by atoms with Gasteiger partial charge in [-0.15, -0.1) is 0 Å². The second-order valence-corrected chi connectivity index (χ2v) is 3.82. The number of morpholine rings is 1. The van der Waals surface area contributed by atoms with Gasteiger partial charge in [0.2, 0.25) is 0 Å². The minimum Gasteiger partial charge on any atom is -0.394 e. The number of hydrogen-bond donors (Lipinski definition) is 2. The van der Waals surface area contributed by atoms with Crippen LogP contribution in [0.5, 0.6) is 0 Å². The predicted molar refractivity (Wildman–Crippen MR) is 61.3 cm³/mol. The molecule has 2 rings (SSSR count). The first-order chi connectivity index (χ1) is 7.83. The SMILES string of the molecule is NC(CO)c1cnccc1N1CCOCC1. The van der Waals surface area contributed by atoms with Crippen LogP contribution in [0.4, 0.5) is 5.69 Å². The van der Waals surface area contributed by atoms with Crippen LogP contribution in [-0.4, -0.2) is 43.0 Å². The van der Waals surface area contributed by atoms with E-state index in [0.29, 0.717) is 0 Å². The van der Waals surface area contributed by atoms with E-state index in [1.54, 1.807) is 12.4 Å². The Morgan fingerprint density at radius 2 is 2.25 bits per heavy atom. The Morgan fingerprint density at radius 3 is 2.94 bits per heavy atom. The number of anilines is 1. The molecule has 1 atom stereocenters. The maximum atomic E-state index is 9.12. The van der Waals surface area contributed by atoms with E-state index < -0.39 is 0 Å². The molecule has 0 radical (unpaired) electrons. The van der Waals surface area contributed by atoms with E-state index in [1.165, 1.54) is 0 Å². The molecule has 88 valence electrons. The third-order valence-corrected chi connectivity index (χ3v) is 2.78. The monoisotopic (exact) mass is 223 g/mol. The van der Waals surface area contributed by atoms with Crippen LogP contribution in [0, 0.1) is 0 Å². The molecule has 1 aromatic heterocycles. The quantitative estimate of drug-likeness (QED) is 0.749. The molecule has 16 heavy (non-hydrogen) atoms. The summed E-state index contributed by atoms with van der Waals surface area (Å²) in [6.07, 6.45) is 3.48. The molecule has 0 aliphatic carbocycles. The Hall–Kier alpha value is -1.17. The van der Waals surface area contributed by atoms with E-state index in [1.807, 2.05) is 6.07 Å². The zero-order chi connectivity index (χ0) is 11.4. The Bertz CT molecular complexity index is 340. The van der Waals surface area contributed by atoms with Gasteiger partial charge in [0.1, 0.15) is 0 Å². The molecule has 3 N–H and O–H groups in total. The summed E-state index contributed by atoms with van der Waals surface area (Å²) in [6, 6.07) is 1.57. The van der Waals surface area contributed by atoms with Crippen molar-refractivity contribution in [2.24, 2.45) is 5.73 Å². The summed E-state index contributed by atoms with van der Waals surface area (Å²) in [5.74, 6) is 0. The van der Waals surface area contributed by atoms with E-state index in [9.17, 15) is 0 Å². The number of aliphatic hydroxyl groups excluding tert-OH is 1. The standard InChI is InChI=1S/C11H17N3O2/c12-10(8-15)9-7-13-2-1-11(9)14-3-5-16-6-4-14/h1-2,7,10,15H,3-6,8,12H2. The summed E-state index contributed by atoms with van der Waals surface area (Å²) in [7, 11) is 0. The first kappa shape index (κ1) is 11.3. The lowest BCUT2D eigenvalue weighted by Gasteiger charge is -2.31. The molecular weight excluding hydrogens is 206 g/mol. The van der Waals surface area contributed by atoms with E-state index in [0.717, 1.165) is 37.6 Å². The van der Waals surface area contributed by atoms with Gasteiger partial charge in [-0.3, -0.25) is 4.98 Å². The van der Waals surface area contributed by atoms with Crippen LogP contribution >= 0.6 is 0 Å². The average molecular weight is 223 g/mol. The van der Waals surface area contributed by atoms with Gasteiger partial charge in [0.05, 0.1) is 25.9 Å². The normalized spacial score (nSPS) is 18.5. The van der Waals surface area contributed by atoms with Crippen molar-refractivity contribution < 1.29 is 9.84 Å². The zero-order valence-corrected chi connectivity index (χ0v) is 9.17. The number of rotatable bonds is 3. The molecule has 1 saturated heterocycles. The van der Waals surface area contributed by atoms with E-state index in [-0.39, 0.29) is 12.6 Å². The second-order valence-electron chi connectivity index (χ2n) is 3.82. The number of hydrogen-bond acceptors (Lipinski definition) is 5. The molecule has 0 saturated carbocycles. The number of aliphatic hydroxyl groups is 1. The highest BCUT2D eigenvalue weighted by molar-refractivity contribution is 5.53. The average Bonchev–Trinajstić information content (AvgIpc) is 2.39. The lowest BCUT2D eigenvalue weighted by atomic mass is 10.1. The van der Waals surface area contributed by atoms with Gasteiger partial charge in [0.25, 0.3) is 0 Å². The summed E-state index contributed by atoms with van der Waals surface area (Å²) in [5, 5.41) is 9.12. The number of ether oxygens (including phenoxy) is 1. The van der Waals surface area contributed by atoms with Crippen LogP contribution in [0.2, 0.25) is 0 Å². The van der Waals surface area contributed by atoms with E-state index >= 15 is 0 Å². The molecular formula is C11H17N3O2. The largest absolute Gasteiger partial charge is 0.394 e. The summed E-state index contributed by atoms with van der Waals surface area (Å²) >= 11 is 0. The molecule has 2 heterocycles. The maximum absolute atomic E-state index is 9.12. The fourth-order valence-corrected chi connectivity index (χ4v) is 1.88. The minimum absolute atomic E-state index is 0.0664. The molecule has 0 spiro atoms. The van der Waals surface area contributed by atoms with Gasteiger partial charge >= 0.3 is 0 Å². The van der Waals surface area contributed by atoms with Gasteiger partial charge in [-0.2, -0.15) is 0 Å². The van der Waals surface area contributed by atoms with Gasteiger partial charge < -0.3 is 20.5 Å². The third-order valence-electron chi connectivity index (χ3n) is 2.78. The molecule has 5 heteroatoms. The van der Waals surface area contributed by atoms with Crippen LogP contribution in [0.1, 0.15) is 11.6 Å². The Kier molecular flexibility index (Phi) is 3.71. The highest BCUT2D eigenvalue weighted by atomic mass is 16.5. The molecule has 1 unspecified atom stereocenters. The lowest BCUT2D eigenvalue weighted by molar-refractivity contribution is 0.122. The molecule has 0 aromatic carbocycles. The highest BCUT2D eigenvalue weighted by Crippen LogP contribution is 2.24. The fourth-order valence-electron chi connectivity index (χ4n) is 1.88. The number of aromatic nitrogens is 1. The predicted octanol–water partition coefficient (Wildman–Crippen LogP) is -0.0897. The van der Waals surface area contributed by atoms with Crippen LogP contribution in [-0.2, 0) is 4.74 Å². The van der Waals surface area contributed by atoms with Gasteiger partial charge in [-0.05, 0) is 6.07 Å². The van der Waals surface area contributed by atoms with Gasteiger partial charge in [-0.1, -0.05) is 0 Å². The number of nitrogens with zero attached hydrogens (tertiary/aromatic N) is 2. The third kappa shape index (κ3) is 2.32. The van der Waals surface area contributed by atoms with Crippen molar-refractivity contribution >= 4 is 5.69 Å². The van der Waals surface area contributed by atoms with Crippen molar-refractivity contribution in [3.63, 3.8) is 0 Å². The fraction of sp³-hybridized carbons (Fsp3) is 0.545. The lowest BCUT2D eigenvalue weighted by Crippen LogP contribution is -2.37. The first-order valence-electron chi connectivity index (χ1n) is 5.46. The number of pyridine rings is 1. The second kappa shape index (κ2) is 5.25. The summed E-state index contributed by atoms with van der Waals surface area (Å²) < 4.78 is 5.31. The molecule has 0 amide bonds. The maximum Gasteiger partial charge on any atom is 0.0642 e. The van der Waals surface area contributed by atoms with Crippen molar-refractivity contribution in [3.8, 4) is 0 Å². The summed E-state index contributed by atoms with van der Waals surface area (Å²) in [6.45, 7) is 3.11. The zero-order valence-electron chi connectivity index (χ0n) is 9.17.